The first-order valence-corrected chi connectivity index (χ1v) is 6.68. The van der Waals surface area contributed by atoms with Crippen LogP contribution in [0.5, 0.6) is 5.75 Å². The number of rotatable bonds is 4. The Morgan fingerprint density at radius 2 is 2.10 bits per heavy atom. The molecule has 0 saturated heterocycles. The van der Waals surface area contributed by atoms with Gasteiger partial charge in [-0.05, 0) is 32.0 Å². The summed E-state index contributed by atoms with van der Waals surface area (Å²) in [4.78, 5) is 4.64. The van der Waals surface area contributed by atoms with Gasteiger partial charge in [0.2, 0.25) is 0 Å². The van der Waals surface area contributed by atoms with E-state index in [1.807, 2.05) is 38.1 Å². The van der Waals surface area contributed by atoms with E-state index in [4.69, 9.17) is 13.9 Å². The molecule has 20 heavy (non-hydrogen) atoms. The van der Waals surface area contributed by atoms with Crippen LogP contribution in [0.1, 0.15) is 18.4 Å². The average Bonchev–Trinajstić information content (AvgIpc) is 2.90. The SMILES string of the molecule is CCOCc1cc2c(C)nc3c(OC)cccc3c2o1. The topological polar surface area (TPSA) is 44.5 Å². The van der Waals surface area contributed by atoms with Crippen molar-refractivity contribution in [1.82, 2.24) is 4.98 Å². The highest BCUT2D eigenvalue weighted by Crippen LogP contribution is 2.33. The number of nitrogens with zero attached hydrogens (tertiary/aromatic N) is 1. The number of ether oxygens (including phenoxy) is 2. The summed E-state index contributed by atoms with van der Waals surface area (Å²) in [6.45, 7) is 5.10. The van der Waals surface area contributed by atoms with Crippen molar-refractivity contribution in [1.29, 1.82) is 0 Å². The molecule has 3 rings (SSSR count). The van der Waals surface area contributed by atoms with E-state index in [0.717, 1.165) is 39.1 Å². The van der Waals surface area contributed by atoms with E-state index in [0.29, 0.717) is 13.2 Å². The van der Waals surface area contributed by atoms with Crippen LogP contribution in [0.25, 0.3) is 21.9 Å². The summed E-state index contributed by atoms with van der Waals surface area (Å²) in [7, 11) is 1.65. The highest BCUT2D eigenvalue weighted by atomic mass is 16.5. The van der Waals surface area contributed by atoms with E-state index in [9.17, 15) is 0 Å². The van der Waals surface area contributed by atoms with E-state index in [-0.39, 0.29) is 0 Å². The number of furan rings is 1. The lowest BCUT2D eigenvalue weighted by molar-refractivity contribution is 0.119. The van der Waals surface area contributed by atoms with Crippen molar-refractivity contribution in [3.05, 3.63) is 35.7 Å². The van der Waals surface area contributed by atoms with Gasteiger partial charge >= 0.3 is 0 Å². The summed E-state index contributed by atoms with van der Waals surface area (Å²) in [5.74, 6) is 1.58. The fourth-order valence-electron chi connectivity index (χ4n) is 2.40. The molecule has 0 bridgehead atoms. The van der Waals surface area contributed by atoms with Gasteiger partial charge in [-0.2, -0.15) is 0 Å². The zero-order valence-electron chi connectivity index (χ0n) is 11.9. The van der Waals surface area contributed by atoms with Crippen LogP contribution in [-0.2, 0) is 11.3 Å². The summed E-state index contributed by atoms with van der Waals surface area (Å²) >= 11 is 0. The number of para-hydroxylation sites is 1. The molecule has 3 aromatic rings. The summed E-state index contributed by atoms with van der Waals surface area (Å²) in [5, 5.41) is 1.99. The molecule has 0 aliphatic rings. The zero-order chi connectivity index (χ0) is 14.1. The predicted molar refractivity (Wildman–Crippen MR) is 78.1 cm³/mol. The van der Waals surface area contributed by atoms with E-state index in [2.05, 4.69) is 4.98 Å². The largest absolute Gasteiger partial charge is 0.494 e. The molecule has 2 heterocycles. The monoisotopic (exact) mass is 271 g/mol. The fourth-order valence-corrected chi connectivity index (χ4v) is 2.40. The molecule has 0 atom stereocenters. The van der Waals surface area contributed by atoms with Gasteiger partial charge in [-0.25, -0.2) is 4.98 Å². The molecule has 104 valence electrons. The third-order valence-electron chi connectivity index (χ3n) is 3.36. The van der Waals surface area contributed by atoms with Crippen LogP contribution in [0, 0.1) is 6.92 Å². The van der Waals surface area contributed by atoms with Crippen LogP contribution >= 0.6 is 0 Å². The Balaban J connectivity index is 2.26. The summed E-state index contributed by atoms with van der Waals surface area (Å²) < 4.78 is 16.7. The number of methoxy groups -OCH3 is 1. The number of benzene rings is 1. The minimum Gasteiger partial charge on any atom is -0.494 e. The van der Waals surface area contributed by atoms with Crippen LogP contribution in [-0.4, -0.2) is 18.7 Å². The summed E-state index contributed by atoms with van der Waals surface area (Å²) in [5.41, 5.74) is 2.61. The maximum Gasteiger partial charge on any atom is 0.145 e. The third-order valence-corrected chi connectivity index (χ3v) is 3.36. The molecule has 2 aromatic heterocycles. The van der Waals surface area contributed by atoms with Gasteiger partial charge in [0.25, 0.3) is 0 Å². The molecule has 1 aromatic carbocycles. The molecule has 0 N–H and O–H groups in total. The second-order valence-electron chi connectivity index (χ2n) is 4.65. The molecular weight excluding hydrogens is 254 g/mol. The highest BCUT2D eigenvalue weighted by Gasteiger charge is 2.14. The minimum absolute atomic E-state index is 0.482. The zero-order valence-corrected chi connectivity index (χ0v) is 11.9. The molecule has 0 radical (unpaired) electrons. The van der Waals surface area contributed by atoms with E-state index >= 15 is 0 Å². The molecule has 4 heteroatoms. The maximum atomic E-state index is 5.94. The molecule has 0 saturated carbocycles. The van der Waals surface area contributed by atoms with Crippen molar-refractivity contribution in [2.45, 2.75) is 20.5 Å². The third kappa shape index (κ3) is 2.02. The number of aromatic nitrogens is 1. The lowest BCUT2D eigenvalue weighted by Gasteiger charge is -2.06. The standard InChI is InChI=1S/C16H17NO3/c1-4-19-9-11-8-13-10(2)17-15-12(16(13)20-11)6-5-7-14(15)18-3/h5-8H,4,9H2,1-3H3. The van der Waals surface area contributed by atoms with Gasteiger partial charge in [-0.1, -0.05) is 6.07 Å². The Hall–Kier alpha value is -2.07. The molecule has 0 fully saturated rings. The maximum absolute atomic E-state index is 5.94. The van der Waals surface area contributed by atoms with Crippen LogP contribution in [0.3, 0.4) is 0 Å². The molecular formula is C16H17NO3. The van der Waals surface area contributed by atoms with Gasteiger partial charge in [-0.15, -0.1) is 0 Å². The molecule has 0 aliphatic carbocycles. The van der Waals surface area contributed by atoms with Crippen molar-refractivity contribution in [3.63, 3.8) is 0 Å². The van der Waals surface area contributed by atoms with E-state index < -0.39 is 0 Å². The van der Waals surface area contributed by atoms with Crippen molar-refractivity contribution >= 4 is 21.9 Å². The van der Waals surface area contributed by atoms with Gasteiger partial charge in [0, 0.05) is 23.1 Å². The van der Waals surface area contributed by atoms with E-state index in [1.165, 1.54) is 0 Å². The Morgan fingerprint density at radius 3 is 2.85 bits per heavy atom. The lowest BCUT2D eigenvalue weighted by Crippen LogP contribution is -1.90. The minimum atomic E-state index is 0.482. The smallest absolute Gasteiger partial charge is 0.145 e. The second kappa shape index (κ2) is 5.13. The van der Waals surface area contributed by atoms with Gasteiger partial charge < -0.3 is 13.9 Å². The van der Waals surface area contributed by atoms with Crippen LogP contribution < -0.4 is 4.74 Å². The first-order chi connectivity index (χ1) is 9.74. The van der Waals surface area contributed by atoms with E-state index in [1.54, 1.807) is 7.11 Å². The molecule has 4 nitrogen and oxygen atoms in total. The van der Waals surface area contributed by atoms with Crippen LogP contribution in [0.15, 0.2) is 28.7 Å². The predicted octanol–water partition coefficient (Wildman–Crippen LogP) is 3.83. The normalized spacial score (nSPS) is 11.3. The van der Waals surface area contributed by atoms with Crippen LogP contribution in [0.4, 0.5) is 0 Å². The first-order valence-electron chi connectivity index (χ1n) is 6.68. The van der Waals surface area contributed by atoms with Gasteiger partial charge in [0.05, 0.1) is 7.11 Å². The Labute approximate surface area is 117 Å². The van der Waals surface area contributed by atoms with Crippen molar-refractivity contribution in [3.8, 4) is 5.75 Å². The number of hydrogen-bond donors (Lipinski definition) is 0. The van der Waals surface area contributed by atoms with Crippen LogP contribution in [0.2, 0.25) is 0 Å². The van der Waals surface area contributed by atoms with Crippen molar-refractivity contribution < 1.29 is 13.9 Å². The highest BCUT2D eigenvalue weighted by molar-refractivity contribution is 6.05. The van der Waals surface area contributed by atoms with Crippen molar-refractivity contribution in [2.75, 3.05) is 13.7 Å². The van der Waals surface area contributed by atoms with Gasteiger partial charge in [-0.3, -0.25) is 0 Å². The van der Waals surface area contributed by atoms with Gasteiger partial charge in [0.15, 0.2) is 0 Å². The lowest BCUT2D eigenvalue weighted by atomic mass is 10.1. The number of hydrogen-bond acceptors (Lipinski definition) is 4. The molecule has 0 unspecified atom stereocenters. The summed E-state index contributed by atoms with van der Waals surface area (Å²) in [6.07, 6.45) is 0. The Kier molecular flexibility index (Phi) is 3.32. The first kappa shape index (κ1) is 12.9. The second-order valence-corrected chi connectivity index (χ2v) is 4.65. The van der Waals surface area contributed by atoms with Gasteiger partial charge in [0.1, 0.15) is 29.2 Å². The number of pyridine rings is 1. The fraction of sp³-hybridized carbons (Fsp3) is 0.312. The molecule has 0 aliphatic heterocycles. The summed E-state index contributed by atoms with van der Waals surface area (Å²) in [6, 6.07) is 7.86. The quantitative estimate of drug-likeness (QED) is 0.723. The number of aryl methyl sites for hydroxylation is 1. The number of fused-ring (bicyclic) bond motifs is 3. The van der Waals surface area contributed by atoms with Crippen molar-refractivity contribution in [2.24, 2.45) is 0 Å². The Bertz CT molecular complexity index is 761. The Morgan fingerprint density at radius 1 is 1.25 bits per heavy atom. The molecule has 0 amide bonds. The average molecular weight is 271 g/mol. The molecule has 0 spiro atoms.